The number of aryl methyl sites for hydroxylation is 1. The summed E-state index contributed by atoms with van der Waals surface area (Å²) in [6.07, 6.45) is 0. The molecule has 0 aliphatic heterocycles. The second-order valence-corrected chi connectivity index (χ2v) is 4.55. The second-order valence-electron chi connectivity index (χ2n) is 4.55. The van der Waals surface area contributed by atoms with Gasteiger partial charge in [-0.05, 0) is 31.5 Å². The normalized spacial score (nSPS) is 10.3. The van der Waals surface area contributed by atoms with Crippen LogP contribution in [0.5, 0.6) is 17.2 Å². The molecule has 0 aliphatic carbocycles. The van der Waals surface area contributed by atoms with Crippen LogP contribution in [0, 0.1) is 6.92 Å². The molecule has 2 aromatic carbocycles. The van der Waals surface area contributed by atoms with Gasteiger partial charge in [0.1, 0.15) is 5.75 Å². The minimum atomic E-state index is 0.151. The number of phenolic OH excluding ortho intramolecular Hbond substituents is 2. The highest BCUT2D eigenvalue weighted by atomic mass is 16.5. The largest absolute Gasteiger partial charge is 0.508 e. The minimum absolute atomic E-state index is 0.151. The Hall–Kier alpha value is -2.36. The van der Waals surface area contributed by atoms with Crippen molar-refractivity contribution in [1.29, 1.82) is 0 Å². The fourth-order valence-electron chi connectivity index (χ4n) is 1.90. The number of para-hydroxylation sites is 1. The Morgan fingerprint density at radius 3 is 2.65 bits per heavy atom. The molecule has 106 valence electrons. The first-order valence-electron chi connectivity index (χ1n) is 6.59. The van der Waals surface area contributed by atoms with E-state index in [-0.39, 0.29) is 11.5 Å². The summed E-state index contributed by atoms with van der Waals surface area (Å²) in [5, 5.41) is 22.9. The highest BCUT2D eigenvalue weighted by molar-refractivity contribution is 5.53. The van der Waals surface area contributed by atoms with E-state index in [2.05, 4.69) is 5.32 Å². The molecule has 0 heterocycles. The average Bonchev–Trinajstić information content (AvgIpc) is 2.44. The molecule has 0 aromatic heterocycles. The van der Waals surface area contributed by atoms with Gasteiger partial charge in [0.05, 0.1) is 6.61 Å². The van der Waals surface area contributed by atoms with Crippen LogP contribution in [0.25, 0.3) is 0 Å². The van der Waals surface area contributed by atoms with E-state index in [0.29, 0.717) is 18.9 Å². The molecule has 2 rings (SSSR count). The van der Waals surface area contributed by atoms with E-state index < -0.39 is 0 Å². The van der Waals surface area contributed by atoms with Gasteiger partial charge in [-0.15, -0.1) is 0 Å². The first-order chi connectivity index (χ1) is 9.61. The molecule has 4 heteroatoms. The first-order valence-corrected chi connectivity index (χ1v) is 6.59. The topological polar surface area (TPSA) is 61.7 Å². The van der Waals surface area contributed by atoms with Crippen molar-refractivity contribution in [2.45, 2.75) is 20.4 Å². The van der Waals surface area contributed by atoms with Gasteiger partial charge in [-0.3, -0.25) is 0 Å². The van der Waals surface area contributed by atoms with Gasteiger partial charge in [-0.2, -0.15) is 0 Å². The molecule has 0 radical (unpaired) electrons. The maximum Gasteiger partial charge on any atom is 0.162 e. The van der Waals surface area contributed by atoms with Crippen molar-refractivity contribution in [1.82, 2.24) is 0 Å². The lowest BCUT2D eigenvalue weighted by Gasteiger charge is -2.12. The maximum atomic E-state index is 10.1. The number of benzene rings is 2. The molecule has 0 spiro atoms. The van der Waals surface area contributed by atoms with Crippen LogP contribution in [0.15, 0.2) is 36.4 Å². The summed E-state index contributed by atoms with van der Waals surface area (Å²) in [7, 11) is 0. The Morgan fingerprint density at radius 2 is 1.95 bits per heavy atom. The van der Waals surface area contributed by atoms with Gasteiger partial charge in [0.15, 0.2) is 11.5 Å². The predicted molar refractivity (Wildman–Crippen MR) is 79.4 cm³/mol. The summed E-state index contributed by atoms with van der Waals surface area (Å²) in [4.78, 5) is 0. The van der Waals surface area contributed by atoms with Crippen molar-refractivity contribution in [3.8, 4) is 17.2 Å². The Bertz CT molecular complexity index is 596. The van der Waals surface area contributed by atoms with Crippen LogP contribution in [0.1, 0.15) is 18.1 Å². The van der Waals surface area contributed by atoms with E-state index in [1.165, 1.54) is 0 Å². The molecule has 0 fully saturated rings. The molecule has 0 atom stereocenters. The van der Waals surface area contributed by atoms with E-state index in [1.807, 2.05) is 38.1 Å². The van der Waals surface area contributed by atoms with Gasteiger partial charge in [-0.25, -0.2) is 0 Å². The third-order valence-electron chi connectivity index (χ3n) is 3.07. The summed E-state index contributed by atoms with van der Waals surface area (Å²) in [5.74, 6) is 0.888. The van der Waals surface area contributed by atoms with Crippen molar-refractivity contribution in [3.05, 3.63) is 47.5 Å². The fraction of sp³-hybridized carbons (Fsp3) is 0.250. The molecular formula is C16H19NO3. The zero-order valence-electron chi connectivity index (χ0n) is 11.7. The SMILES string of the molecule is CCOc1cccc(CNc2ccc(C)c(O)c2)c1O. The summed E-state index contributed by atoms with van der Waals surface area (Å²) in [5.41, 5.74) is 2.38. The van der Waals surface area contributed by atoms with Crippen LogP contribution in [-0.2, 0) is 6.54 Å². The zero-order chi connectivity index (χ0) is 14.5. The molecule has 0 bridgehead atoms. The highest BCUT2D eigenvalue weighted by Crippen LogP contribution is 2.30. The highest BCUT2D eigenvalue weighted by Gasteiger charge is 2.07. The monoisotopic (exact) mass is 273 g/mol. The number of phenols is 2. The number of nitrogens with one attached hydrogen (secondary N) is 1. The smallest absolute Gasteiger partial charge is 0.162 e. The summed E-state index contributed by atoms with van der Waals surface area (Å²) < 4.78 is 5.35. The standard InChI is InChI=1S/C16H19NO3/c1-3-20-15-6-4-5-12(16(15)19)10-17-13-8-7-11(2)14(18)9-13/h4-9,17-19H,3,10H2,1-2H3. The molecule has 2 aromatic rings. The van der Waals surface area contributed by atoms with Crippen LogP contribution in [-0.4, -0.2) is 16.8 Å². The summed E-state index contributed by atoms with van der Waals surface area (Å²) >= 11 is 0. The van der Waals surface area contributed by atoms with Crippen molar-refractivity contribution >= 4 is 5.69 Å². The summed E-state index contributed by atoms with van der Waals surface area (Å²) in [6, 6.07) is 10.8. The maximum absolute atomic E-state index is 10.1. The number of hydrogen-bond donors (Lipinski definition) is 3. The Balaban J connectivity index is 2.10. The molecule has 3 N–H and O–H groups in total. The number of hydrogen-bond acceptors (Lipinski definition) is 4. The molecule has 0 saturated carbocycles. The zero-order valence-corrected chi connectivity index (χ0v) is 11.7. The van der Waals surface area contributed by atoms with Crippen LogP contribution in [0.4, 0.5) is 5.69 Å². The fourth-order valence-corrected chi connectivity index (χ4v) is 1.90. The van der Waals surface area contributed by atoms with Crippen LogP contribution >= 0.6 is 0 Å². The quantitative estimate of drug-likeness (QED) is 0.781. The lowest BCUT2D eigenvalue weighted by Crippen LogP contribution is -2.01. The average molecular weight is 273 g/mol. The van der Waals surface area contributed by atoms with Gasteiger partial charge < -0.3 is 20.3 Å². The summed E-state index contributed by atoms with van der Waals surface area (Å²) in [6.45, 7) is 4.68. The second kappa shape index (κ2) is 6.19. The molecular weight excluding hydrogens is 254 g/mol. The Labute approximate surface area is 118 Å². The number of ether oxygens (including phenoxy) is 1. The van der Waals surface area contributed by atoms with Crippen LogP contribution < -0.4 is 10.1 Å². The van der Waals surface area contributed by atoms with E-state index in [1.54, 1.807) is 12.1 Å². The van der Waals surface area contributed by atoms with Gasteiger partial charge in [0.25, 0.3) is 0 Å². The van der Waals surface area contributed by atoms with E-state index in [0.717, 1.165) is 16.8 Å². The minimum Gasteiger partial charge on any atom is -0.508 e. The number of anilines is 1. The lowest BCUT2D eigenvalue weighted by atomic mass is 10.1. The lowest BCUT2D eigenvalue weighted by molar-refractivity contribution is 0.317. The Morgan fingerprint density at radius 1 is 1.15 bits per heavy atom. The van der Waals surface area contributed by atoms with Crippen LogP contribution in [0.3, 0.4) is 0 Å². The van der Waals surface area contributed by atoms with Crippen LogP contribution in [0.2, 0.25) is 0 Å². The first kappa shape index (κ1) is 14.1. The van der Waals surface area contributed by atoms with Crippen molar-refractivity contribution in [3.63, 3.8) is 0 Å². The molecule has 0 unspecified atom stereocenters. The van der Waals surface area contributed by atoms with E-state index in [9.17, 15) is 10.2 Å². The predicted octanol–water partition coefficient (Wildman–Crippen LogP) is 3.42. The molecule has 4 nitrogen and oxygen atoms in total. The van der Waals surface area contributed by atoms with Gasteiger partial charge >= 0.3 is 0 Å². The van der Waals surface area contributed by atoms with Crippen molar-refractivity contribution in [2.75, 3.05) is 11.9 Å². The van der Waals surface area contributed by atoms with Crippen molar-refractivity contribution in [2.24, 2.45) is 0 Å². The molecule has 0 amide bonds. The van der Waals surface area contributed by atoms with E-state index >= 15 is 0 Å². The van der Waals surface area contributed by atoms with E-state index in [4.69, 9.17) is 4.74 Å². The van der Waals surface area contributed by atoms with Gasteiger partial charge in [0.2, 0.25) is 0 Å². The third-order valence-corrected chi connectivity index (χ3v) is 3.07. The third kappa shape index (κ3) is 3.15. The van der Waals surface area contributed by atoms with Gasteiger partial charge in [-0.1, -0.05) is 18.2 Å². The van der Waals surface area contributed by atoms with Gasteiger partial charge in [0, 0.05) is 23.9 Å². The number of rotatable bonds is 5. The Kier molecular flexibility index (Phi) is 4.35. The molecule has 0 saturated heterocycles. The number of aromatic hydroxyl groups is 2. The molecule has 0 aliphatic rings. The van der Waals surface area contributed by atoms with Crippen molar-refractivity contribution < 1.29 is 14.9 Å². The molecule has 20 heavy (non-hydrogen) atoms.